The lowest BCUT2D eigenvalue weighted by Gasteiger charge is -2.18. The lowest BCUT2D eigenvalue weighted by molar-refractivity contribution is -0.128. The number of carbonyl (C=O) groups is 2. The van der Waals surface area contributed by atoms with E-state index in [1.54, 1.807) is 4.90 Å². The molecule has 0 radical (unpaired) electrons. The lowest BCUT2D eigenvalue weighted by Crippen LogP contribution is -2.30. The van der Waals surface area contributed by atoms with E-state index in [-0.39, 0.29) is 24.3 Å². The van der Waals surface area contributed by atoms with E-state index in [1.807, 2.05) is 13.8 Å². The first-order valence-electron chi connectivity index (χ1n) is 6.49. The largest absolute Gasteiger partial charge is 0.508 e. The molecule has 0 aromatic heterocycles. The number of nitrogens with zero attached hydrogens (tertiary/aromatic N) is 1. The van der Waals surface area contributed by atoms with Crippen molar-refractivity contribution in [1.82, 2.24) is 4.90 Å². The molecule has 5 heteroatoms. The van der Waals surface area contributed by atoms with Gasteiger partial charge < -0.3 is 14.4 Å². The zero-order valence-electron chi connectivity index (χ0n) is 11.6. The summed E-state index contributed by atoms with van der Waals surface area (Å²) in [6, 6.07) is 0. The SMILES string of the molecule is CC(C)COC(=O)OC1CC(=O)N(CC(C)C)C1. The third kappa shape index (κ3) is 4.94. The molecular formula is C13H23NO4. The molecule has 1 aliphatic heterocycles. The molecule has 0 aliphatic carbocycles. The highest BCUT2D eigenvalue weighted by Crippen LogP contribution is 2.16. The molecule has 0 aromatic carbocycles. The molecule has 1 amide bonds. The van der Waals surface area contributed by atoms with Gasteiger partial charge in [0.25, 0.3) is 0 Å². The van der Waals surface area contributed by atoms with E-state index in [0.717, 1.165) is 0 Å². The highest BCUT2D eigenvalue weighted by Gasteiger charge is 2.32. The Labute approximate surface area is 108 Å². The molecule has 0 spiro atoms. The van der Waals surface area contributed by atoms with Crippen LogP contribution in [0.25, 0.3) is 0 Å². The van der Waals surface area contributed by atoms with E-state index >= 15 is 0 Å². The summed E-state index contributed by atoms with van der Waals surface area (Å²) in [6.07, 6.45) is -0.771. The van der Waals surface area contributed by atoms with Crippen molar-refractivity contribution in [1.29, 1.82) is 0 Å². The van der Waals surface area contributed by atoms with Crippen LogP contribution >= 0.6 is 0 Å². The summed E-state index contributed by atoms with van der Waals surface area (Å²) in [6.45, 7) is 9.55. The topological polar surface area (TPSA) is 55.8 Å². The molecule has 0 saturated carbocycles. The third-order valence-electron chi connectivity index (χ3n) is 2.56. The van der Waals surface area contributed by atoms with Crippen LogP contribution in [0.1, 0.15) is 34.1 Å². The number of carbonyl (C=O) groups excluding carboxylic acids is 2. The quantitative estimate of drug-likeness (QED) is 0.707. The second-order valence-corrected chi connectivity index (χ2v) is 5.59. The van der Waals surface area contributed by atoms with E-state index in [4.69, 9.17) is 9.47 Å². The molecule has 104 valence electrons. The Morgan fingerprint density at radius 2 is 2.00 bits per heavy atom. The Kier molecular flexibility index (Phi) is 5.44. The second-order valence-electron chi connectivity index (χ2n) is 5.59. The maximum atomic E-state index is 11.7. The van der Waals surface area contributed by atoms with Gasteiger partial charge in [-0.25, -0.2) is 4.79 Å². The van der Waals surface area contributed by atoms with Crippen LogP contribution in [0.5, 0.6) is 0 Å². The number of hydrogen-bond acceptors (Lipinski definition) is 4. The van der Waals surface area contributed by atoms with Gasteiger partial charge in [0.2, 0.25) is 5.91 Å². The molecule has 0 bridgehead atoms. The van der Waals surface area contributed by atoms with Gasteiger partial charge in [-0.2, -0.15) is 0 Å². The predicted octanol–water partition coefficient (Wildman–Crippen LogP) is 2.05. The average Bonchev–Trinajstić information content (AvgIpc) is 2.55. The zero-order valence-corrected chi connectivity index (χ0v) is 11.6. The van der Waals surface area contributed by atoms with Crippen molar-refractivity contribution in [3.8, 4) is 0 Å². The molecule has 0 aromatic rings. The average molecular weight is 257 g/mol. The molecule has 0 N–H and O–H groups in total. The van der Waals surface area contributed by atoms with Crippen molar-refractivity contribution in [2.24, 2.45) is 11.8 Å². The molecule has 18 heavy (non-hydrogen) atoms. The Balaban J connectivity index is 2.32. The number of likely N-dealkylation sites (tertiary alicyclic amines) is 1. The molecule has 1 atom stereocenters. The van der Waals surface area contributed by atoms with Crippen molar-refractivity contribution in [2.75, 3.05) is 19.7 Å². The van der Waals surface area contributed by atoms with Crippen LogP contribution in [0.3, 0.4) is 0 Å². The van der Waals surface area contributed by atoms with Gasteiger partial charge in [-0.3, -0.25) is 4.79 Å². The number of ether oxygens (including phenoxy) is 2. The van der Waals surface area contributed by atoms with E-state index in [1.165, 1.54) is 0 Å². The summed E-state index contributed by atoms with van der Waals surface area (Å²) in [4.78, 5) is 24.8. The fraction of sp³-hybridized carbons (Fsp3) is 0.846. The minimum absolute atomic E-state index is 0.0466. The third-order valence-corrected chi connectivity index (χ3v) is 2.56. The van der Waals surface area contributed by atoms with Crippen LogP contribution in [0.15, 0.2) is 0 Å². The van der Waals surface area contributed by atoms with Crippen LogP contribution in [-0.2, 0) is 14.3 Å². The first-order valence-corrected chi connectivity index (χ1v) is 6.49. The molecule has 1 fully saturated rings. The molecule has 5 nitrogen and oxygen atoms in total. The molecule has 1 saturated heterocycles. The van der Waals surface area contributed by atoms with Crippen molar-refractivity contribution in [2.45, 2.75) is 40.2 Å². The molecule has 1 heterocycles. The van der Waals surface area contributed by atoms with Crippen LogP contribution in [-0.4, -0.2) is 42.8 Å². The summed E-state index contributed by atoms with van der Waals surface area (Å²) < 4.78 is 10.0. The second kappa shape index (κ2) is 6.61. The van der Waals surface area contributed by atoms with Gasteiger partial charge in [0.15, 0.2) is 0 Å². The standard InChI is InChI=1S/C13H23NO4/c1-9(2)6-14-7-11(5-12(14)15)18-13(16)17-8-10(3)4/h9-11H,5-8H2,1-4H3. The fourth-order valence-electron chi connectivity index (χ4n) is 1.84. The van der Waals surface area contributed by atoms with Gasteiger partial charge in [-0.05, 0) is 11.8 Å². The molecule has 1 unspecified atom stereocenters. The molecule has 1 rings (SSSR count). The zero-order chi connectivity index (χ0) is 13.7. The summed E-state index contributed by atoms with van der Waals surface area (Å²) >= 11 is 0. The minimum atomic E-state index is -0.673. The first kappa shape index (κ1) is 14.8. The summed E-state index contributed by atoms with van der Waals surface area (Å²) in [5.74, 6) is 0.742. The Bertz CT molecular complexity index is 301. The van der Waals surface area contributed by atoms with E-state index in [0.29, 0.717) is 25.6 Å². The van der Waals surface area contributed by atoms with Gasteiger partial charge in [0.05, 0.1) is 19.6 Å². The van der Waals surface area contributed by atoms with Crippen LogP contribution in [0.4, 0.5) is 4.79 Å². The number of hydrogen-bond donors (Lipinski definition) is 0. The Morgan fingerprint density at radius 1 is 1.33 bits per heavy atom. The van der Waals surface area contributed by atoms with Gasteiger partial charge in [-0.15, -0.1) is 0 Å². The summed E-state index contributed by atoms with van der Waals surface area (Å²) in [7, 11) is 0. The molecular weight excluding hydrogens is 234 g/mol. The van der Waals surface area contributed by atoms with Crippen molar-refractivity contribution in [3.05, 3.63) is 0 Å². The Morgan fingerprint density at radius 3 is 2.56 bits per heavy atom. The monoisotopic (exact) mass is 257 g/mol. The maximum Gasteiger partial charge on any atom is 0.508 e. The van der Waals surface area contributed by atoms with Gasteiger partial charge in [0.1, 0.15) is 6.10 Å². The van der Waals surface area contributed by atoms with Crippen molar-refractivity contribution < 1.29 is 19.1 Å². The fourth-order valence-corrected chi connectivity index (χ4v) is 1.84. The van der Waals surface area contributed by atoms with Crippen LogP contribution in [0.2, 0.25) is 0 Å². The lowest BCUT2D eigenvalue weighted by atomic mass is 10.2. The van der Waals surface area contributed by atoms with Crippen LogP contribution in [0, 0.1) is 11.8 Å². The van der Waals surface area contributed by atoms with E-state index in [2.05, 4.69) is 13.8 Å². The molecule has 1 aliphatic rings. The van der Waals surface area contributed by atoms with Crippen LogP contribution < -0.4 is 0 Å². The first-order chi connectivity index (χ1) is 8.38. The Hall–Kier alpha value is -1.26. The van der Waals surface area contributed by atoms with Gasteiger partial charge in [0, 0.05) is 6.54 Å². The van der Waals surface area contributed by atoms with Gasteiger partial charge >= 0.3 is 6.16 Å². The van der Waals surface area contributed by atoms with Crippen molar-refractivity contribution >= 4 is 12.1 Å². The smallest absolute Gasteiger partial charge is 0.434 e. The highest BCUT2D eigenvalue weighted by atomic mass is 16.7. The normalized spacial score (nSPS) is 19.8. The minimum Gasteiger partial charge on any atom is -0.434 e. The predicted molar refractivity (Wildman–Crippen MR) is 67.1 cm³/mol. The van der Waals surface area contributed by atoms with Gasteiger partial charge in [-0.1, -0.05) is 27.7 Å². The summed E-state index contributed by atoms with van der Waals surface area (Å²) in [5, 5.41) is 0. The van der Waals surface area contributed by atoms with E-state index in [9.17, 15) is 9.59 Å². The number of rotatable bonds is 5. The van der Waals surface area contributed by atoms with Crippen molar-refractivity contribution in [3.63, 3.8) is 0 Å². The maximum absolute atomic E-state index is 11.7. The van der Waals surface area contributed by atoms with E-state index < -0.39 is 6.16 Å². The summed E-state index contributed by atoms with van der Waals surface area (Å²) in [5.41, 5.74) is 0. The highest BCUT2D eigenvalue weighted by molar-refractivity contribution is 5.79. The number of amides is 1.